The number of benzene rings is 2. The van der Waals surface area contributed by atoms with Crippen molar-refractivity contribution in [3.63, 3.8) is 0 Å². The number of ether oxygens (including phenoxy) is 2. The third-order valence-electron chi connectivity index (χ3n) is 5.88. The molecule has 1 aliphatic carbocycles. The maximum Gasteiger partial charge on any atom is 0.341 e. The van der Waals surface area contributed by atoms with Crippen molar-refractivity contribution in [1.29, 1.82) is 0 Å². The van der Waals surface area contributed by atoms with Crippen LogP contribution in [0.25, 0.3) is 0 Å². The summed E-state index contributed by atoms with van der Waals surface area (Å²) in [6.07, 6.45) is 5.00. The van der Waals surface area contributed by atoms with Crippen molar-refractivity contribution in [1.82, 2.24) is 0 Å². The Morgan fingerprint density at radius 1 is 0.972 bits per heavy atom. The first-order chi connectivity index (χ1) is 17.5. The molecule has 3 aromatic rings. The number of carbonyl (C=O) groups is 3. The van der Waals surface area contributed by atoms with Gasteiger partial charge in [-0.25, -0.2) is 4.79 Å². The van der Waals surface area contributed by atoms with Crippen molar-refractivity contribution >= 4 is 51.6 Å². The Morgan fingerprint density at radius 2 is 1.75 bits per heavy atom. The molecule has 2 N–H and O–H groups in total. The van der Waals surface area contributed by atoms with Gasteiger partial charge in [-0.1, -0.05) is 12.5 Å². The number of fused-ring (bicyclic) bond motifs is 1. The maximum atomic E-state index is 12.8. The van der Waals surface area contributed by atoms with Crippen LogP contribution in [0.15, 0.2) is 53.4 Å². The third kappa shape index (κ3) is 6.27. The number of esters is 1. The summed E-state index contributed by atoms with van der Waals surface area (Å²) < 4.78 is 10.1. The highest BCUT2D eigenvalue weighted by Gasteiger charge is 2.26. The second kappa shape index (κ2) is 12.1. The number of carbonyl (C=O) groups excluding carboxylic acids is 3. The first kappa shape index (κ1) is 25.8. The largest absolute Gasteiger partial charge is 0.497 e. The number of amides is 2. The van der Waals surface area contributed by atoms with E-state index >= 15 is 0 Å². The molecule has 2 amide bonds. The summed E-state index contributed by atoms with van der Waals surface area (Å²) in [7, 11) is 2.94. The molecule has 2 aromatic carbocycles. The van der Waals surface area contributed by atoms with Crippen LogP contribution in [0, 0.1) is 0 Å². The summed E-state index contributed by atoms with van der Waals surface area (Å²) in [4.78, 5) is 39.8. The molecule has 4 rings (SSSR count). The van der Waals surface area contributed by atoms with Crippen LogP contribution < -0.4 is 15.4 Å². The molecule has 0 radical (unpaired) electrons. The molecule has 0 spiro atoms. The molecule has 9 heteroatoms. The average molecular weight is 525 g/mol. The molecule has 1 aliphatic rings. The minimum Gasteiger partial charge on any atom is -0.497 e. The lowest BCUT2D eigenvalue weighted by Crippen LogP contribution is -2.16. The van der Waals surface area contributed by atoms with Gasteiger partial charge in [0.05, 0.1) is 25.5 Å². The van der Waals surface area contributed by atoms with Gasteiger partial charge in [-0.2, -0.15) is 0 Å². The molecular weight excluding hydrogens is 496 g/mol. The number of thioether (sulfide) groups is 1. The van der Waals surface area contributed by atoms with Crippen LogP contribution in [0.2, 0.25) is 0 Å². The van der Waals surface area contributed by atoms with Gasteiger partial charge in [0.15, 0.2) is 0 Å². The topological polar surface area (TPSA) is 93.7 Å². The molecular formula is C27H28N2O5S2. The molecule has 0 unspecified atom stereocenters. The Morgan fingerprint density at radius 3 is 2.50 bits per heavy atom. The first-order valence-electron chi connectivity index (χ1n) is 11.7. The van der Waals surface area contributed by atoms with E-state index in [0.29, 0.717) is 27.6 Å². The van der Waals surface area contributed by atoms with Crippen molar-refractivity contribution in [3.8, 4) is 5.75 Å². The van der Waals surface area contributed by atoms with Crippen molar-refractivity contribution in [2.75, 3.05) is 30.6 Å². The third-order valence-corrected chi connectivity index (χ3v) is 8.08. The minimum atomic E-state index is -0.405. The van der Waals surface area contributed by atoms with Crippen LogP contribution in [-0.2, 0) is 22.4 Å². The smallest absolute Gasteiger partial charge is 0.341 e. The summed E-state index contributed by atoms with van der Waals surface area (Å²) >= 11 is 2.84. The van der Waals surface area contributed by atoms with Gasteiger partial charge in [0.25, 0.3) is 5.91 Å². The summed E-state index contributed by atoms with van der Waals surface area (Å²) in [6, 6.07) is 14.2. The van der Waals surface area contributed by atoms with E-state index in [0.717, 1.165) is 47.4 Å². The van der Waals surface area contributed by atoms with E-state index < -0.39 is 5.97 Å². The lowest BCUT2D eigenvalue weighted by atomic mass is 10.1. The van der Waals surface area contributed by atoms with Crippen molar-refractivity contribution in [2.24, 2.45) is 0 Å². The van der Waals surface area contributed by atoms with Gasteiger partial charge in [0.2, 0.25) is 5.91 Å². The lowest BCUT2D eigenvalue weighted by molar-refractivity contribution is -0.113. The van der Waals surface area contributed by atoms with Crippen LogP contribution >= 0.6 is 23.1 Å². The number of hydrogen-bond donors (Lipinski definition) is 2. The van der Waals surface area contributed by atoms with Crippen LogP contribution in [0.5, 0.6) is 5.75 Å². The molecule has 36 heavy (non-hydrogen) atoms. The fraction of sp³-hybridized carbons (Fsp3) is 0.296. The van der Waals surface area contributed by atoms with E-state index in [1.165, 1.54) is 30.2 Å². The van der Waals surface area contributed by atoms with Gasteiger partial charge >= 0.3 is 5.97 Å². The minimum absolute atomic E-state index is 0.166. The number of rotatable bonds is 8. The van der Waals surface area contributed by atoms with Gasteiger partial charge in [-0.15, -0.1) is 23.1 Å². The Kier molecular flexibility index (Phi) is 8.66. The normalized spacial score (nSPS) is 12.7. The van der Waals surface area contributed by atoms with Crippen LogP contribution in [0.4, 0.5) is 10.7 Å². The highest BCUT2D eigenvalue weighted by atomic mass is 32.2. The Balaban J connectivity index is 1.38. The SMILES string of the molecule is COC(=O)c1c(NC(=O)CSc2cccc(NC(=O)c3ccc(OC)cc3)c2)sc2c1CCCCC2. The van der Waals surface area contributed by atoms with Crippen molar-refractivity contribution < 1.29 is 23.9 Å². The zero-order chi connectivity index (χ0) is 25.5. The molecule has 0 atom stereocenters. The number of thiophene rings is 1. The Hall–Kier alpha value is -3.30. The second-order valence-corrected chi connectivity index (χ2v) is 10.5. The number of aryl methyl sites for hydroxylation is 1. The van der Waals surface area contributed by atoms with Crippen molar-refractivity contribution in [2.45, 2.75) is 37.0 Å². The number of nitrogens with one attached hydrogen (secondary N) is 2. The number of hydrogen-bond acceptors (Lipinski definition) is 7. The number of anilines is 2. The molecule has 0 saturated heterocycles. The van der Waals surface area contributed by atoms with Crippen LogP contribution in [0.1, 0.15) is 50.4 Å². The van der Waals surface area contributed by atoms with Gasteiger partial charge < -0.3 is 20.1 Å². The quantitative estimate of drug-likeness (QED) is 0.220. The zero-order valence-electron chi connectivity index (χ0n) is 20.2. The Labute approximate surface area is 218 Å². The molecule has 188 valence electrons. The second-order valence-electron chi connectivity index (χ2n) is 8.31. The fourth-order valence-electron chi connectivity index (χ4n) is 4.07. The predicted octanol–water partition coefficient (Wildman–Crippen LogP) is 5.80. The van der Waals surface area contributed by atoms with Gasteiger partial charge in [-0.3, -0.25) is 9.59 Å². The summed E-state index contributed by atoms with van der Waals surface area (Å²) in [5.74, 6) is 0.0105. The molecule has 0 fully saturated rings. The monoisotopic (exact) mass is 524 g/mol. The van der Waals surface area contributed by atoms with Gasteiger partial charge in [0.1, 0.15) is 10.8 Å². The highest BCUT2D eigenvalue weighted by Crippen LogP contribution is 2.38. The zero-order valence-corrected chi connectivity index (χ0v) is 21.9. The molecule has 0 bridgehead atoms. The van der Waals surface area contributed by atoms with Crippen molar-refractivity contribution in [3.05, 3.63) is 70.1 Å². The molecule has 0 aliphatic heterocycles. The summed E-state index contributed by atoms with van der Waals surface area (Å²) in [6.45, 7) is 0. The average Bonchev–Trinajstić information content (AvgIpc) is 3.06. The van der Waals surface area contributed by atoms with Gasteiger partial charge in [-0.05, 0) is 73.7 Å². The Bertz CT molecular complexity index is 1250. The maximum absolute atomic E-state index is 12.8. The standard InChI is InChI=1S/C27H28N2O5S2/c1-33-19-13-11-17(12-14-19)25(31)28-18-7-6-8-20(15-18)35-16-23(30)29-26-24(27(32)34-2)21-9-4-3-5-10-22(21)36-26/h6-8,11-15H,3-5,9-10,16H2,1-2H3,(H,28,31)(H,29,30). The summed E-state index contributed by atoms with van der Waals surface area (Å²) in [5, 5.41) is 6.38. The van der Waals surface area contributed by atoms with Gasteiger partial charge in [0, 0.05) is 21.0 Å². The molecule has 1 aromatic heterocycles. The van der Waals surface area contributed by atoms with E-state index in [9.17, 15) is 14.4 Å². The van der Waals surface area contributed by atoms with E-state index in [1.54, 1.807) is 37.4 Å². The van der Waals surface area contributed by atoms with E-state index in [1.807, 2.05) is 18.2 Å². The highest BCUT2D eigenvalue weighted by molar-refractivity contribution is 8.00. The predicted molar refractivity (Wildman–Crippen MR) is 144 cm³/mol. The fourth-order valence-corrected chi connectivity index (χ4v) is 6.12. The van der Waals surface area contributed by atoms with E-state index in [2.05, 4.69) is 10.6 Å². The van der Waals surface area contributed by atoms with Crippen LogP contribution in [-0.4, -0.2) is 37.8 Å². The summed E-state index contributed by atoms with van der Waals surface area (Å²) in [5.41, 5.74) is 2.67. The molecule has 7 nitrogen and oxygen atoms in total. The van der Waals surface area contributed by atoms with E-state index in [-0.39, 0.29) is 17.6 Å². The molecule has 1 heterocycles. The van der Waals surface area contributed by atoms with E-state index in [4.69, 9.17) is 9.47 Å². The first-order valence-corrected chi connectivity index (χ1v) is 13.5. The lowest BCUT2D eigenvalue weighted by Gasteiger charge is -2.09. The number of methoxy groups -OCH3 is 2. The van der Waals surface area contributed by atoms with Crippen LogP contribution in [0.3, 0.4) is 0 Å². The molecule has 0 saturated carbocycles.